The van der Waals surface area contributed by atoms with Gasteiger partial charge in [0.25, 0.3) is 5.69 Å². The van der Waals surface area contributed by atoms with Gasteiger partial charge in [-0.05, 0) is 12.1 Å². The van der Waals surface area contributed by atoms with Crippen LogP contribution >= 0.6 is 0 Å². The second-order valence-corrected chi connectivity index (χ2v) is 4.12. The van der Waals surface area contributed by atoms with Crippen LogP contribution in [-0.4, -0.2) is 32.1 Å². The molecular formula is C12H10N4O5. The molecule has 2 aromatic rings. The van der Waals surface area contributed by atoms with Crippen LogP contribution in [-0.2, 0) is 11.3 Å². The van der Waals surface area contributed by atoms with Gasteiger partial charge in [-0.15, -0.1) is 0 Å². The van der Waals surface area contributed by atoms with Crippen molar-refractivity contribution >= 4 is 23.8 Å². The number of anilines is 1. The number of aldehydes is 1. The molecule has 21 heavy (non-hydrogen) atoms. The van der Waals surface area contributed by atoms with Gasteiger partial charge in [-0.1, -0.05) is 0 Å². The van der Waals surface area contributed by atoms with Crippen LogP contribution in [0.15, 0.2) is 24.3 Å². The summed E-state index contributed by atoms with van der Waals surface area (Å²) < 4.78 is 0.989. The lowest BCUT2D eigenvalue weighted by Gasteiger charge is -1.98. The van der Waals surface area contributed by atoms with Crippen LogP contribution in [0.1, 0.15) is 10.4 Å². The first-order valence-electron chi connectivity index (χ1n) is 5.72. The van der Waals surface area contributed by atoms with E-state index in [4.69, 9.17) is 10.8 Å². The van der Waals surface area contributed by atoms with Gasteiger partial charge in [0.15, 0.2) is 6.29 Å². The average Bonchev–Trinajstić information content (AvgIpc) is 2.75. The van der Waals surface area contributed by atoms with E-state index in [0.717, 1.165) is 4.68 Å². The summed E-state index contributed by atoms with van der Waals surface area (Å²) in [4.78, 5) is 31.9. The SMILES string of the molecule is Nc1c(C=O)c(-c2ccc([N+](=O)[O-])cc2)nn1CC(=O)O. The molecule has 9 nitrogen and oxygen atoms in total. The van der Waals surface area contributed by atoms with E-state index in [9.17, 15) is 19.7 Å². The summed E-state index contributed by atoms with van der Waals surface area (Å²) in [6, 6.07) is 5.35. The van der Waals surface area contributed by atoms with Crippen molar-refractivity contribution in [2.45, 2.75) is 6.54 Å². The molecule has 0 aliphatic carbocycles. The zero-order valence-electron chi connectivity index (χ0n) is 10.6. The van der Waals surface area contributed by atoms with Crippen LogP contribution in [0.2, 0.25) is 0 Å². The fraction of sp³-hybridized carbons (Fsp3) is 0.0833. The number of rotatable bonds is 5. The van der Waals surface area contributed by atoms with E-state index in [2.05, 4.69) is 5.10 Å². The third kappa shape index (κ3) is 2.71. The number of carbonyl (C=O) groups excluding carboxylic acids is 1. The maximum Gasteiger partial charge on any atom is 0.325 e. The Morgan fingerprint density at radius 3 is 2.52 bits per heavy atom. The highest BCUT2D eigenvalue weighted by molar-refractivity contribution is 5.92. The molecule has 0 amide bonds. The van der Waals surface area contributed by atoms with Gasteiger partial charge in [0.2, 0.25) is 0 Å². The number of nitrogens with zero attached hydrogens (tertiary/aromatic N) is 3. The van der Waals surface area contributed by atoms with Gasteiger partial charge in [-0.2, -0.15) is 5.10 Å². The smallest absolute Gasteiger partial charge is 0.325 e. The number of aliphatic carboxylic acids is 1. The largest absolute Gasteiger partial charge is 0.480 e. The maximum atomic E-state index is 11.1. The van der Waals surface area contributed by atoms with Crippen molar-refractivity contribution in [3.8, 4) is 11.3 Å². The molecule has 108 valence electrons. The lowest BCUT2D eigenvalue weighted by molar-refractivity contribution is -0.384. The van der Waals surface area contributed by atoms with Crippen LogP contribution in [0.3, 0.4) is 0 Å². The predicted molar refractivity (Wildman–Crippen MR) is 71.8 cm³/mol. The first-order chi connectivity index (χ1) is 9.93. The van der Waals surface area contributed by atoms with E-state index >= 15 is 0 Å². The third-order valence-electron chi connectivity index (χ3n) is 2.78. The zero-order chi connectivity index (χ0) is 15.6. The molecule has 1 aromatic carbocycles. The molecule has 0 saturated carbocycles. The number of non-ortho nitro benzene ring substituents is 1. The standard InChI is InChI=1S/C12H10N4O5/c13-12-9(6-17)11(14-15(12)5-10(18)19)7-1-3-8(4-2-7)16(20)21/h1-4,6H,5,13H2,(H,18,19). The first-order valence-corrected chi connectivity index (χ1v) is 5.72. The van der Waals surface area contributed by atoms with E-state index in [1.807, 2.05) is 0 Å². The highest BCUT2D eigenvalue weighted by atomic mass is 16.6. The first kappa shape index (κ1) is 14.2. The van der Waals surface area contributed by atoms with Crippen molar-refractivity contribution in [2.75, 3.05) is 5.73 Å². The molecule has 1 heterocycles. The molecule has 0 aliphatic heterocycles. The average molecular weight is 290 g/mol. The van der Waals surface area contributed by atoms with Gasteiger partial charge in [-0.25, -0.2) is 4.68 Å². The fourth-order valence-electron chi connectivity index (χ4n) is 1.81. The summed E-state index contributed by atoms with van der Waals surface area (Å²) in [6.45, 7) is -0.486. The Hall–Kier alpha value is -3.23. The minimum absolute atomic E-state index is 0.0464. The van der Waals surface area contributed by atoms with E-state index in [0.29, 0.717) is 11.8 Å². The van der Waals surface area contributed by atoms with Crippen LogP contribution in [0, 0.1) is 10.1 Å². The van der Waals surface area contributed by atoms with Crippen molar-refractivity contribution in [1.82, 2.24) is 9.78 Å². The van der Waals surface area contributed by atoms with E-state index < -0.39 is 17.4 Å². The molecule has 2 rings (SSSR count). The number of hydrogen-bond donors (Lipinski definition) is 2. The highest BCUT2D eigenvalue weighted by Gasteiger charge is 2.18. The van der Waals surface area contributed by atoms with Crippen LogP contribution in [0.4, 0.5) is 11.5 Å². The Morgan fingerprint density at radius 2 is 2.05 bits per heavy atom. The van der Waals surface area contributed by atoms with Gasteiger partial charge < -0.3 is 10.8 Å². The van der Waals surface area contributed by atoms with Crippen molar-refractivity contribution in [3.63, 3.8) is 0 Å². The number of nitrogens with two attached hydrogens (primary N) is 1. The Morgan fingerprint density at radius 1 is 1.43 bits per heavy atom. The van der Waals surface area contributed by atoms with Gasteiger partial charge in [0.05, 0.1) is 10.5 Å². The lowest BCUT2D eigenvalue weighted by atomic mass is 10.1. The molecular weight excluding hydrogens is 280 g/mol. The summed E-state index contributed by atoms with van der Waals surface area (Å²) in [6.07, 6.45) is 0.470. The minimum atomic E-state index is -1.16. The summed E-state index contributed by atoms with van der Waals surface area (Å²) in [5, 5.41) is 23.3. The number of hydrogen-bond acceptors (Lipinski definition) is 6. The number of nitro groups is 1. The van der Waals surface area contributed by atoms with Crippen LogP contribution in [0.25, 0.3) is 11.3 Å². The monoisotopic (exact) mass is 290 g/mol. The maximum absolute atomic E-state index is 11.1. The molecule has 0 spiro atoms. The fourth-order valence-corrected chi connectivity index (χ4v) is 1.81. The molecule has 0 fully saturated rings. The molecule has 0 atom stereocenters. The highest BCUT2D eigenvalue weighted by Crippen LogP contribution is 2.27. The molecule has 0 bridgehead atoms. The molecule has 0 unspecified atom stereocenters. The number of nitrogen functional groups attached to an aromatic ring is 1. The molecule has 1 aromatic heterocycles. The number of carboxylic acids is 1. The Kier molecular flexibility index (Phi) is 3.65. The Bertz CT molecular complexity index is 720. The van der Waals surface area contributed by atoms with Gasteiger partial charge >= 0.3 is 5.97 Å². The second kappa shape index (κ2) is 5.41. The van der Waals surface area contributed by atoms with Gasteiger partial charge in [0.1, 0.15) is 18.1 Å². The van der Waals surface area contributed by atoms with E-state index in [1.54, 1.807) is 0 Å². The van der Waals surface area contributed by atoms with Crippen LogP contribution < -0.4 is 5.73 Å². The topological polar surface area (TPSA) is 141 Å². The molecule has 0 aliphatic rings. The zero-order valence-corrected chi connectivity index (χ0v) is 10.6. The molecule has 0 saturated heterocycles. The Labute approximate surface area is 117 Å². The minimum Gasteiger partial charge on any atom is -0.480 e. The third-order valence-corrected chi connectivity index (χ3v) is 2.78. The number of aromatic nitrogens is 2. The number of benzene rings is 1. The number of carbonyl (C=O) groups is 2. The summed E-state index contributed by atoms with van der Waals surface area (Å²) in [7, 11) is 0. The van der Waals surface area contributed by atoms with Crippen LogP contribution in [0.5, 0.6) is 0 Å². The molecule has 9 heteroatoms. The molecule has 0 radical (unpaired) electrons. The number of nitro benzene ring substituents is 1. The second-order valence-electron chi connectivity index (χ2n) is 4.12. The summed E-state index contributed by atoms with van der Waals surface area (Å²) in [5.74, 6) is -1.22. The van der Waals surface area contributed by atoms with Gasteiger partial charge in [-0.3, -0.25) is 19.7 Å². The quantitative estimate of drug-likeness (QED) is 0.474. The Balaban J connectivity index is 2.49. The predicted octanol–water partition coefficient (Wildman–Crippen LogP) is 0.938. The lowest BCUT2D eigenvalue weighted by Crippen LogP contribution is -2.12. The van der Waals surface area contributed by atoms with E-state index in [1.165, 1.54) is 24.3 Å². The molecule has 3 N–H and O–H groups in total. The number of carboxylic acid groups (broad SMARTS) is 1. The van der Waals surface area contributed by atoms with E-state index in [-0.39, 0.29) is 22.8 Å². The van der Waals surface area contributed by atoms with Crippen molar-refractivity contribution in [1.29, 1.82) is 0 Å². The van der Waals surface area contributed by atoms with Gasteiger partial charge in [0, 0.05) is 17.7 Å². The normalized spacial score (nSPS) is 10.3. The summed E-state index contributed by atoms with van der Waals surface area (Å²) in [5.41, 5.74) is 6.22. The van der Waals surface area contributed by atoms with Crippen molar-refractivity contribution < 1.29 is 19.6 Å². The van der Waals surface area contributed by atoms with Crippen molar-refractivity contribution in [3.05, 3.63) is 39.9 Å². The summed E-state index contributed by atoms with van der Waals surface area (Å²) >= 11 is 0. The van der Waals surface area contributed by atoms with Crippen molar-refractivity contribution in [2.24, 2.45) is 0 Å².